The van der Waals surface area contributed by atoms with Gasteiger partial charge in [0.25, 0.3) is 5.91 Å². The summed E-state index contributed by atoms with van der Waals surface area (Å²) < 4.78 is 32.4. The molecule has 28 heavy (non-hydrogen) atoms. The van der Waals surface area contributed by atoms with Crippen LogP contribution in [0.4, 0.5) is 0 Å². The Morgan fingerprint density at radius 2 is 2.00 bits per heavy atom. The number of rotatable bonds is 6. The fourth-order valence-electron chi connectivity index (χ4n) is 2.81. The third kappa shape index (κ3) is 4.24. The number of aromatic nitrogens is 1. The monoisotopic (exact) mass is 418 g/mol. The van der Waals surface area contributed by atoms with E-state index in [1.165, 1.54) is 23.5 Å². The van der Waals surface area contributed by atoms with Crippen LogP contribution >= 0.6 is 11.3 Å². The zero-order valence-electron chi connectivity index (χ0n) is 16.0. The number of hydrogen-bond donors (Lipinski definition) is 0. The number of thiazole rings is 1. The van der Waals surface area contributed by atoms with Crippen LogP contribution in [0.5, 0.6) is 0 Å². The quantitative estimate of drug-likeness (QED) is 0.616. The third-order valence-corrected chi connectivity index (χ3v) is 7.15. The first kappa shape index (κ1) is 20.4. The summed E-state index contributed by atoms with van der Waals surface area (Å²) in [5.41, 5.74) is 2.37. The number of sulfone groups is 1. The van der Waals surface area contributed by atoms with Crippen molar-refractivity contribution in [2.75, 3.05) is 19.5 Å². The molecule has 8 heteroatoms. The molecule has 0 bridgehead atoms. The molecule has 0 N–H and O–H groups in total. The lowest BCUT2D eigenvalue weighted by molar-refractivity contribution is 0.0997. The first-order chi connectivity index (χ1) is 13.4. The minimum absolute atomic E-state index is 0.0194. The molecule has 2 aromatic carbocycles. The van der Waals surface area contributed by atoms with Gasteiger partial charge in [0.2, 0.25) is 0 Å². The molecule has 0 atom stereocenters. The molecule has 1 amide bonds. The molecule has 3 rings (SSSR count). The van der Waals surface area contributed by atoms with Crippen molar-refractivity contribution in [3.8, 4) is 0 Å². The number of aryl methyl sites for hydroxylation is 1. The van der Waals surface area contributed by atoms with Crippen molar-refractivity contribution in [3.05, 3.63) is 58.4 Å². The smallest absolute Gasteiger partial charge is 0.279 e. The molecule has 1 aromatic heterocycles. The number of methoxy groups -OCH3 is 1. The van der Waals surface area contributed by atoms with E-state index in [0.717, 1.165) is 15.8 Å². The number of nitrogens with zero attached hydrogens (tertiary/aromatic N) is 2. The highest BCUT2D eigenvalue weighted by Gasteiger charge is 2.15. The second-order valence-electron chi connectivity index (χ2n) is 6.35. The minimum Gasteiger partial charge on any atom is -0.383 e. The predicted molar refractivity (Wildman–Crippen MR) is 110 cm³/mol. The molecule has 0 unspecified atom stereocenters. The maximum absolute atomic E-state index is 12.8. The molecule has 6 nitrogen and oxygen atoms in total. The van der Waals surface area contributed by atoms with E-state index < -0.39 is 15.7 Å². The number of benzene rings is 2. The molecule has 0 radical (unpaired) electrons. The molecule has 3 aromatic rings. The molecule has 0 saturated carbocycles. The number of ether oxygens (including phenoxy) is 1. The van der Waals surface area contributed by atoms with Gasteiger partial charge in [-0.1, -0.05) is 30.4 Å². The van der Waals surface area contributed by atoms with Gasteiger partial charge in [-0.25, -0.2) is 8.42 Å². The molecule has 148 valence electrons. The van der Waals surface area contributed by atoms with E-state index in [0.29, 0.717) is 18.0 Å². The average Bonchev–Trinajstić information content (AvgIpc) is 3.02. The molecule has 0 aliphatic carbocycles. The van der Waals surface area contributed by atoms with Crippen LogP contribution in [0.3, 0.4) is 0 Å². The maximum Gasteiger partial charge on any atom is 0.279 e. The molecule has 1 heterocycles. The highest BCUT2D eigenvalue weighted by Crippen LogP contribution is 2.19. The van der Waals surface area contributed by atoms with Crippen molar-refractivity contribution in [2.24, 2.45) is 4.99 Å². The van der Waals surface area contributed by atoms with Gasteiger partial charge < -0.3 is 9.30 Å². The molecule has 0 spiro atoms. The Bertz CT molecular complexity index is 1190. The van der Waals surface area contributed by atoms with Crippen molar-refractivity contribution in [1.29, 1.82) is 0 Å². The Morgan fingerprint density at radius 1 is 1.21 bits per heavy atom. The maximum atomic E-state index is 12.8. The summed E-state index contributed by atoms with van der Waals surface area (Å²) in [6.45, 7) is 4.65. The largest absolute Gasteiger partial charge is 0.383 e. The zero-order chi connectivity index (χ0) is 20.3. The fourth-order valence-corrected chi connectivity index (χ4v) is 4.88. The number of amides is 1. The Hall–Kier alpha value is -2.29. The van der Waals surface area contributed by atoms with Crippen LogP contribution in [0.25, 0.3) is 10.2 Å². The van der Waals surface area contributed by atoms with Crippen LogP contribution in [0, 0.1) is 6.92 Å². The van der Waals surface area contributed by atoms with Gasteiger partial charge in [-0.15, -0.1) is 0 Å². The first-order valence-electron chi connectivity index (χ1n) is 8.86. The van der Waals surface area contributed by atoms with Gasteiger partial charge in [-0.05, 0) is 42.8 Å². The Kier molecular flexibility index (Phi) is 6.12. The topological polar surface area (TPSA) is 77.7 Å². The van der Waals surface area contributed by atoms with Gasteiger partial charge in [0.1, 0.15) is 0 Å². The van der Waals surface area contributed by atoms with E-state index in [4.69, 9.17) is 4.74 Å². The highest BCUT2D eigenvalue weighted by molar-refractivity contribution is 7.91. The van der Waals surface area contributed by atoms with Crippen LogP contribution in [0.1, 0.15) is 22.8 Å². The number of carbonyl (C=O) groups is 1. The zero-order valence-corrected chi connectivity index (χ0v) is 17.6. The first-order valence-corrected chi connectivity index (χ1v) is 11.3. The van der Waals surface area contributed by atoms with Crippen LogP contribution in [0.15, 0.2) is 52.4 Å². The van der Waals surface area contributed by atoms with Crippen LogP contribution < -0.4 is 4.80 Å². The number of fused-ring (bicyclic) bond motifs is 1. The summed E-state index contributed by atoms with van der Waals surface area (Å²) in [4.78, 5) is 17.7. The molecule has 0 fully saturated rings. The number of carbonyl (C=O) groups excluding carboxylic acids is 1. The Morgan fingerprint density at radius 3 is 2.71 bits per heavy atom. The van der Waals surface area contributed by atoms with Gasteiger partial charge in [0, 0.05) is 19.2 Å². The van der Waals surface area contributed by atoms with E-state index in [2.05, 4.69) is 11.1 Å². The highest BCUT2D eigenvalue weighted by atomic mass is 32.2. The predicted octanol–water partition coefficient (Wildman–Crippen LogP) is 3.19. The Balaban J connectivity index is 2.09. The summed E-state index contributed by atoms with van der Waals surface area (Å²) in [5, 5.41) is 0. The molecule has 0 aliphatic rings. The molecular formula is C20H22N2O4S2. The summed E-state index contributed by atoms with van der Waals surface area (Å²) >= 11 is 1.43. The van der Waals surface area contributed by atoms with Gasteiger partial charge in [-0.2, -0.15) is 4.99 Å². The Labute approximate surface area is 168 Å². The standard InChI is InChI=1S/C20H22N2O4S2/c1-4-28(24,25)16-7-5-6-15(13-16)19(23)21-20-22(10-11-26-3)17-9-8-14(2)12-18(17)27-20/h5-9,12-13H,4,10-11H2,1-3H3. The van der Waals surface area contributed by atoms with Crippen molar-refractivity contribution in [1.82, 2.24) is 4.57 Å². The van der Waals surface area contributed by atoms with E-state index in [9.17, 15) is 13.2 Å². The van der Waals surface area contributed by atoms with Crippen molar-refractivity contribution < 1.29 is 17.9 Å². The molecule has 0 aliphatic heterocycles. The minimum atomic E-state index is -3.39. The van der Waals surface area contributed by atoms with Gasteiger partial charge in [0.05, 0.1) is 27.5 Å². The SMILES string of the molecule is CCS(=O)(=O)c1cccc(C(=O)N=c2sc3cc(C)ccc3n2CCOC)c1. The summed E-state index contributed by atoms with van der Waals surface area (Å²) in [6, 6.07) is 12.1. The van der Waals surface area contributed by atoms with Crippen molar-refractivity contribution in [2.45, 2.75) is 25.3 Å². The number of hydrogen-bond acceptors (Lipinski definition) is 5. The van der Waals surface area contributed by atoms with Crippen LogP contribution in [-0.4, -0.2) is 38.4 Å². The fraction of sp³-hybridized carbons (Fsp3) is 0.300. The van der Waals surface area contributed by atoms with E-state index in [-0.39, 0.29) is 16.2 Å². The van der Waals surface area contributed by atoms with Gasteiger partial charge in [0.15, 0.2) is 14.6 Å². The van der Waals surface area contributed by atoms with Crippen molar-refractivity contribution in [3.63, 3.8) is 0 Å². The average molecular weight is 419 g/mol. The lowest BCUT2D eigenvalue weighted by atomic mass is 10.2. The van der Waals surface area contributed by atoms with Crippen LogP contribution in [0.2, 0.25) is 0 Å². The summed E-state index contributed by atoms with van der Waals surface area (Å²) in [6.07, 6.45) is 0. The second kappa shape index (κ2) is 8.38. The van der Waals surface area contributed by atoms with Crippen LogP contribution in [-0.2, 0) is 21.1 Å². The van der Waals surface area contributed by atoms with E-state index in [1.54, 1.807) is 26.2 Å². The second-order valence-corrected chi connectivity index (χ2v) is 9.64. The third-order valence-electron chi connectivity index (χ3n) is 4.37. The summed E-state index contributed by atoms with van der Waals surface area (Å²) in [5.74, 6) is -0.489. The lowest BCUT2D eigenvalue weighted by Gasteiger charge is -2.05. The lowest BCUT2D eigenvalue weighted by Crippen LogP contribution is -2.19. The van der Waals surface area contributed by atoms with Gasteiger partial charge >= 0.3 is 0 Å². The molecular weight excluding hydrogens is 396 g/mol. The van der Waals surface area contributed by atoms with E-state index in [1.807, 2.05) is 23.6 Å². The molecule has 0 saturated heterocycles. The summed E-state index contributed by atoms with van der Waals surface area (Å²) in [7, 11) is -1.76. The van der Waals surface area contributed by atoms with Gasteiger partial charge in [-0.3, -0.25) is 4.79 Å². The van der Waals surface area contributed by atoms with E-state index >= 15 is 0 Å². The normalized spacial score (nSPS) is 12.6. The van der Waals surface area contributed by atoms with Crippen molar-refractivity contribution >= 4 is 37.3 Å².